The van der Waals surface area contributed by atoms with Gasteiger partial charge in [0, 0.05) is 10.9 Å². The predicted octanol–water partition coefficient (Wildman–Crippen LogP) is 4.46. The molecule has 1 aromatic heterocycles. The van der Waals surface area contributed by atoms with Crippen molar-refractivity contribution in [1.29, 1.82) is 0 Å². The number of para-hydroxylation sites is 1. The Labute approximate surface area is 177 Å². The number of nitrogens with zero attached hydrogens (tertiary/aromatic N) is 3. The van der Waals surface area contributed by atoms with Crippen LogP contribution in [0.4, 0.5) is 5.69 Å². The van der Waals surface area contributed by atoms with Crippen LogP contribution in [0.25, 0.3) is 10.2 Å². The summed E-state index contributed by atoms with van der Waals surface area (Å²) in [6.45, 7) is 1.61. The van der Waals surface area contributed by atoms with E-state index in [1.165, 1.54) is 14.6 Å². The number of rotatable bonds is 3. The third-order valence-corrected chi connectivity index (χ3v) is 7.29. The largest absolute Gasteiger partial charge is 0.291 e. The van der Waals surface area contributed by atoms with Gasteiger partial charge in [0.2, 0.25) is 5.91 Å². The van der Waals surface area contributed by atoms with Gasteiger partial charge in [-0.05, 0) is 62.3 Å². The lowest BCUT2D eigenvalue weighted by Crippen LogP contribution is -2.45. The number of carbonyl (C=O) groups is 2. The van der Waals surface area contributed by atoms with E-state index in [0.717, 1.165) is 31.4 Å². The summed E-state index contributed by atoms with van der Waals surface area (Å²) in [6.07, 6.45) is 2.16. The summed E-state index contributed by atoms with van der Waals surface area (Å²) in [5.41, 5.74) is 1.65. The van der Waals surface area contributed by atoms with Gasteiger partial charge in [-0.1, -0.05) is 23.7 Å². The molecular formula is C22H20ClN3O2S. The molecule has 0 saturated carbocycles. The molecule has 0 unspecified atom stereocenters. The summed E-state index contributed by atoms with van der Waals surface area (Å²) in [7, 11) is 0. The number of benzene rings is 2. The molecule has 2 amide bonds. The molecule has 0 N–H and O–H groups in total. The fourth-order valence-corrected chi connectivity index (χ4v) is 5.55. The number of imide groups is 1. The van der Waals surface area contributed by atoms with Crippen LogP contribution in [-0.2, 0) is 9.59 Å². The molecule has 2 fully saturated rings. The molecule has 0 spiro atoms. The molecule has 2 saturated heterocycles. The minimum absolute atomic E-state index is 0.129. The highest BCUT2D eigenvalue weighted by Crippen LogP contribution is 2.36. The lowest BCUT2D eigenvalue weighted by atomic mass is 9.96. The molecule has 0 bridgehead atoms. The number of hydrogen-bond donors (Lipinski definition) is 0. The first-order chi connectivity index (χ1) is 14.1. The van der Waals surface area contributed by atoms with Crippen molar-refractivity contribution in [3.8, 4) is 0 Å². The third-order valence-electron chi connectivity index (χ3n) is 5.84. The van der Waals surface area contributed by atoms with Crippen LogP contribution >= 0.6 is 22.9 Å². The molecule has 1 atom stereocenters. The fourth-order valence-electron chi connectivity index (χ4n) is 4.29. The maximum atomic E-state index is 13.0. The maximum absolute atomic E-state index is 13.0. The second-order valence-corrected chi connectivity index (χ2v) is 9.09. The minimum atomic E-state index is -0.366. The smallest absolute Gasteiger partial charge is 0.251 e. The van der Waals surface area contributed by atoms with E-state index in [1.807, 2.05) is 12.1 Å². The van der Waals surface area contributed by atoms with E-state index in [-0.39, 0.29) is 24.3 Å². The molecule has 5 nitrogen and oxygen atoms in total. The number of likely N-dealkylation sites (tertiary alicyclic amines) is 1. The Kier molecular flexibility index (Phi) is 4.86. The summed E-state index contributed by atoms with van der Waals surface area (Å²) >= 11 is 7.70. The number of amides is 2. The van der Waals surface area contributed by atoms with Crippen LogP contribution in [0.5, 0.6) is 0 Å². The molecule has 2 aliphatic heterocycles. The van der Waals surface area contributed by atoms with Gasteiger partial charge in [0.15, 0.2) is 0 Å². The first-order valence-electron chi connectivity index (χ1n) is 9.82. The van der Waals surface area contributed by atoms with Crippen LogP contribution in [-0.4, -0.2) is 40.8 Å². The van der Waals surface area contributed by atoms with Crippen molar-refractivity contribution in [3.63, 3.8) is 0 Å². The fraction of sp³-hybridized carbons (Fsp3) is 0.318. The molecule has 5 rings (SSSR count). The Hall–Kier alpha value is -2.28. The average molecular weight is 426 g/mol. The first kappa shape index (κ1) is 18.7. The number of aromatic nitrogens is 1. The highest BCUT2D eigenvalue weighted by atomic mass is 35.5. The van der Waals surface area contributed by atoms with E-state index >= 15 is 0 Å². The molecule has 148 valence electrons. The Balaban J connectivity index is 1.27. The number of fused-ring (bicyclic) bond motifs is 1. The van der Waals surface area contributed by atoms with E-state index in [9.17, 15) is 9.59 Å². The van der Waals surface area contributed by atoms with Gasteiger partial charge in [-0.3, -0.25) is 14.5 Å². The number of thiazole rings is 1. The molecule has 2 aliphatic rings. The molecule has 3 aromatic rings. The second kappa shape index (κ2) is 7.52. The Morgan fingerprint density at radius 2 is 1.72 bits per heavy atom. The van der Waals surface area contributed by atoms with E-state index in [2.05, 4.69) is 17.0 Å². The van der Waals surface area contributed by atoms with Gasteiger partial charge >= 0.3 is 0 Å². The lowest BCUT2D eigenvalue weighted by Gasteiger charge is -2.34. The van der Waals surface area contributed by atoms with Crippen LogP contribution in [0.3, 0.4) is 0 Å². The molecule has 7 heteroatoms. The maximum Gasteiger partial charge on any atom is 0.251 e. The average Bonchev–Trinajstić information content (AvgIpc) is 3.30. The molecular weight excluding hydrogens is 406 g/mol. The molecule has 2 aromatic carbocycles. The van der Waals surface area contributed by atoms with Gasteiger partial charge in [0.05, 0.1) is 33.4 Å². The number of halogens is 1. The van der Waals surface area contributed by atoms with E-state index in [1.54, 1.807) is 35.6 Å². The van der Waals surface area contributed by atoms with Crippen molar-refractivity contribution in [3.05, 3.63) is 58.6 Å². The Morgan fingerprint density at radius 3 is 2.45 bits per heavy atom. The molecule has 0 radical (unpaired) electrons. The second-order valence-electron chi connectivity index (χ2n) is 7.59. The quantitative estimate of drug-likeness (QED) is 0.581. The van der Waals surface area contributed by atoms with Crippen molar-refractivity contribution in [2.75, 3.05) is 18.0 Å². The van der Waals surface area contributed by atoms with Crippen LogP contribution in [0.2, 0.25) is 5.02 Å². The van der Waals surface area contributed by atoms with Gasteiger partial charge in [0.1, 0.15) is 0 Å². The highest BCUT2D eigenvalue weighted by molar-refractivity contribution is 7.18. The Morgan fingerprint density at radius 1 is 1.00 bits per heavy atom. The van der Waals surface area contributed by atoms with Gasteiger partial charge in [-0.2, -0.15) is 0 Å². The van der Waals surface area contributed by atoms with Crippen LogP contribution < -0.4 is 4.90 Å². The van der Waals surface area contributed by atoms with Crippen molar-refractivity contribution < 1.29 is 9.59 Å². The van der Waals surface area contributed by atoms with Crippen molar-refractivity contribution in [2.45, 2.75) is 31.2 Å². The topological polar surface area (TPSA) is 53.5 Å². The minimum Gasteiger partial charge on any atom is -0.291 e. The summed E-state index contributed by atoms with van der Waals surface area (Å²) < 4.78 is 1.22. The van der Waals surface area contributed by atoms with Crippen molar-refractivity contribution >= 4 is 50.7 Å². The first-order valence-corrected chi connectivity index (χ1v) is 11.0. The molecule has 29 heavy (non-hydrogen) atoms. The van der Waals surface area contributed by atoms with Crippen molar-refractivity contribution in [2.24, 2.45) is 0 Å². The SMILES string of the molecule is O=C1C[C@@H](N2CCC(c3nc4ccccc4s3)CC2)C(=O)N1c1ccc(Cl)cc1. The van der Waals surface area contributed by atoms with Gasteiger partial charge in [-0.25, -0.2) is 9.88 Å². The highest BCUT2D eigenvalue weighted by Gasteiger charge is 2.43. The summed E-state index contributed by atoms with van der Waals surface area (Å²) in [5.74, 6) is 0.148. The number of anilines is 1. The zero-order valence-electron chi connectivity index (χ0n) is 15.8. The predicted molar refractivity (Wildman–Crippen MR) is 116 cm³/mol. The standard InChI is InChI=1S/C22H20ClN3O2S/c23-15-5-7-16(8-6-15)26-20(27)13-18(22(26)28)25-11-9-14(10-12-25)21-24-17-3-1-2-4-19(17)29-21/h1-8,14,18H,9-13H2/t18-/m1/s1. The van der Waals surface area contributed by atoms with Crippen LogP contribution in [0.15, 0.2) is 48.5 Å². The number of carbonyl (C=O) groups excluding carboxylic acids is 2. The van der Waals surface area contributed by atoms with Crippen molar-refractivity contribution in [1.82, 2.24) is 9.88 Å². The Bertz CT molecular complexity index is 1040. The lowest BCUT2D eigenvalue weighted by molar-refractivity contribution is -0.123. The monoisotopic (exact) mass is 425 g/mol. The number of hydrogen-bond acceptors (Lipinski definition) is 5. The third kappa shape index (κ3) is 3.45. The molecule has 3 heterocycles. The van der Waals surface area contributed by atoms with Gasteiger partial charge in [0.25, 0.3) is 5.91 Å². The number of piperidine rings is 1. The summed E-state index contributed by atoms with van der Waals surface area (Å²) in [5, 5.41) is 1.77. The van der Waals surface area contributed by atoms with E-state index in [4.69, 9.17) is 16.6 Å². The normalized spacial score (nSPS) is 21.4. The van der Waals surface area contributed by atoms with E-state index in [0.29, 0.717) is 16.6 Å². The molecule has 0 aliphatic carbocycles. The van der Waals surface area contributed by atoms with Crippen LogP contribution in [0.1, 0.15) is 30.2 Å². The zero-order valence-corrected chi connectivity index (χ0v) is 17.3. The zero-order chi connectivity index (χ0) is 20.0. The van der Waals surface area contributed by atoms with Gasteiger partial charge in [-0.15, -0.1) is 11.3 Å². The van der Waals surface area contributed by atoms with E-state index < -0.39 is 0 Å². The summed E-state index contributed by atoms with van der Waals surface area (Å²) in [6, 6.07) is 14.7. The van der Waals surface area contributed by atoms with Crippen LogP contribution in [0, 0.1) is 0 Å². The van der Waals surface area contributed by atoms with Gasteiger partial charge < -0.3 is 0 Å². The summed E-state index contributed by atoms with van der Waals surface area (Å²) in [4.78, 5) is 33.8.